The van der Waals surface area contributed by atoms with Gasteiger partial charge in [-0.05, 0) is 0 Å². The lowest BCUT2D eigenvalue weighted by Gasteiger charge is -1.97. The van der Waals surface area contributed by atoms with Crippen LogP contribution in [0.4, 0.5) is 0 Å². The van der Waals surface area contributed by atoms with Crippen molar-refractivity contribution in [3.05, 3.63) is 0 Å². The topological polar surface area (TPSA) is 36.9 Å². The summed E-state index contributed by atoms with van der Waals surface area (Å²) < 4.78 is 20.1. The summed E-state index contributed by atoms with van der Waals surface area (Å²) in [7, 11) is 3.28. The summed E-state index contributed by atoms with van der Waals surface area (Å²) in [4.78, 5) is 0. The van der Waals surface area contributed by atoms with Gasteiger partial charge in [-0.1, -0.05) is 18.7 Å². The Labute approximate surface area is 110 Å². The van der Waals surface area contributed by atoms with Crippen LogP contribution in [0, 0.1) is 23.5 Å². The molecule has 0 spiro atoms. The highest BCUT2D eigenvalue weighted by Gasteiger charge is 1.95. The summed E-state index contributed by atoms with van der Waals surface area (Å²) in [6.45, 7) is 5.13. The molecule has 0 aromatic heterocycles. The fraction of sp³-hybridized carbons (Fsp3) is 0.692. The molecule has 0 aromatic rings. The van der Waals surface area contributed by atoms with Crippen molar-refractivity contribution < 1.29 is 18.9 Å². The van der Waals surface area contributed by atoms with E-state index in [1.807, 2.05) is 6.82 Å². The Kier molecular flexibility index (Phi) is 13.3. The van der Waals surface area contributed by atoms with Gasteiger partial charge in [0, 0.05) is 14.2 Å². The molecular weight excluding hydrogens is 231 g/mol. The molecule has 0 atom stereocenters. The lowest BCUT2D eigenvalue weighted by Crippen LogP contribution is -2.05. The lowest BCUT2D eigenvalue weighted by molar-refractivity contribution is 0.0877. The monoisotopic (exact) mass is 252 g/mol. The lowest BCUT2D eigenvalue weighted by atomic mass is 9.54. The maximum atomic E-state index is 5.21. The first-order valence-electron chi connectivity index (χ1n) is 5.91. The molecule has 0 unspecified atom stereocenters. The van der Waals surface area contributed by atoms with Crippen LogP contribution < -0.4 is 0 Å². The van der Waals surface area contributed by atoms with E-state index in [1.165, 1.54) is 0 Å². The summed E-state index contributed by atoms with van der Waals surface area (Å²) >= 11 is 0. The van der Waals surface area contributed by atoms with Gasteiger partial charge in [0.05, 0.1) is 26.4 Å². The van der Waals surface area contributed by atoms with Gasteiger partial charge in [0.25, 0.3) is 0 Å². The number of methoxy groups -OCH3 is 2. The quantitative estimate of drug-likeness (QED) is 0.358. The van der Waals surface area contributed by atoms with E-state index in [0.29, 0.717) is 39.6 Å². The molecule has 0 heterocycles. The smallest absolute Gasteiger partial charge is 0.312 e. The first kappa shape index (κ1) is 17.0. The van der Waals surface area contributed by atoms with Crippen LogP contribution in [0.2, 0.25) is 6.82 Å². The Hall–Kier alpha value is -0.975. The van der Waals surface area contributed by atoms with Gasteiger partial charge in [0.1, 0.15) is 13.2 Å². The zero-order chi connectivity index (χ0) is 13.5. The standard InChI is InChI=1S/C13H21BO4/c1-14(6-4-8-17-12-10-15-2)7-5-9-18-13-11-16-3/h8-13H2,1-3H3. The number of ether oxygens (including phenoxy) is 4. The Morgan fingerprint density at radius 2 is 1.22 bits per heavy atom. The van der Waals surface area contributed by atoms with Crippen LogP contribution in [0.25, 0.3) is 0 Å². The molecule has 5 heteroatoms. The molecule has 100 valence electrons. The summed E-state index contributed by atoms with van der Waals surface area (Å²) in [5, 5.41) is 0. The highest BCUT2D eigenvalue weighted by Crippen LogP contribution is 1.79. The van der Waals surface area contributed by atoms with E-state index in [-0.39, 0.29) is 6.71 Å². The van der Waals surface area contributed by atoms with Crippen molar-refractivity contribution in [2.75, 3.05) is 53.9 Å². The van der Waals surface area contributed by atoms with Crippen molar-refractivity contribution >= 4 is 6.71 Å². The average molecular weight is 252 g/mol. The first-order valence-corrected chi connectivity index (χ1v) is 5.91. The van der Waals surface area contributed by atoms with Gasteiger partial charge >= 0.3 is 6.71 Å². The number of rotatable bonds is 8. The third kappa shape index (κ3) is 13.1. The molecular formula is C13H21BO4. The molecule has 0 saturated heterocycles. The van der Waals surface area contributed by atoms with Gasteiger partial charge in [0.15, 0.2) is 0 Å². The molecule has 0 aromatic carbocycles. The zero-order valence-electron chi connectivity index (χ0n) is 11.5. The fourth-order valence-electron chi connectivity index (χ4n) is 0.957. The summed E-state index contributed by atoms with van der Waals surface area (Å²) in [5.74, 6) is 11.8. The molecule has 0 radical (unpaired) electrons. The number of hydrogen-bond donors (Lipinski definition) is 0. The molecule has 0 amide bonds. The van der Waals surface area contributed by atoms with Crippen molar-refractivity contribution in [2.45, 2.75) is 6.82 Å². The molecule has 0 aliphatic heterocycles. The molecule has 0 bridgehead atoms. The predicted octanol–water partition coefficient (Wildman–Crippen LogP) is 0.522. The second-order valence-corrected chi connectivity index (χ2v) is 3.45. The van der Waals surface area contributed by atoms with Gasteiger partial charge in [-0.3, -0.25) is 0 Å². The van der Waals surface area contributed by atoms with Crippen LogP contribution in [-0.4, -0.2) is 60.6 Å². The van der Waals surface area contributed by atoms with Crippen LogP contribution in [0.1, 0.15) is 0 Å². The van der Waals surface area contributed by atoms with E-state index in [1.54, 1.807) is 14.2 Å². The molecule has 0 aliphatic rings. The minimum absolute atomic E-state index is 0.0297. The van der Waals surface area contributed by atoms with E-state index >= 15 is 0 Å². The molecule has 4 nitrogen and oxygen atoms in total. The van der Waals surface area contributed by atoms with Crippen molar-refractivity contribution in [1.82, 2.24) is 0 Å². The van der Waals surface area contributed by atoms with Crippen molar-refractivity contribution in [2.24, 2.45) is 0 Å². The highest BCUT2D eigenvalue weighted by molar-refractivity contribution is 6.74. The normalized spacial score (nSPS) is 9.06. The first-order chi connectivity index (χ1) is 8.81. The largest absolute Gasteiger partial charge is 0.382 e. The third-order valence-corrected chi connectivity index (χ3v) is 1.85. The molecule has 18 heavy (non-hydrogen) atoms. The Bertz CT molecular complexity index is 268. The Morgan fingerprint density at radius 1 is 0.778 bits per heavy atom. The molecule has 0 aliphatic carbocycles. The van der Waals surface area contributed by atoms with E-state index in [9.17, 15) is 0 Å². The predicted molar refractivity (Wildman–Crippen MR) is 72.6 cm³/mol. The van der Waals surface area contributed by atoms with Gasteiger partial charge < -0.3 is 18.9 Å². The average Bonchev–Trinajstić information content (AvgIpc) is 2.38. The van der Waals surface area contributed by atoms with Crippen LogP contribution in [0.3, 0.4) is 0 Å². The highest BCUT2D eigenvalue weighted by atomic mass is 16.5. The van der Waals surface area contributed by atoms with Crippen molar-refractivity contribution in [1.29, 1.82) is 0 Å². The molecule has 0 rings (SSSR count). The third-order valence-electron chi connectivity index (χ3n) is 1.85. The van der Waals surface area contributed by atoms with Crippen molar-refractivity contribution in [3.63, 3.8) is 0 Å². The maximum Gasteiger partial charge on any atom is 0.312 e. The van der Waals surface area contributed by atoms with Crippen LogP contribution in [0.5, 0.6) is 0 Å². The summed E-state index contributed by atoms with van der Waals surface area (Å²) in [5.41, 5.74) is 0. The van der Waals surface area contributed by atoms with Crippen LogP contribution >= 0.6 is 0 Å². The SMILES string of the molecule is COCCOCC#CB(C)C#CCOCCOC. The number of hydrogen-bond acceptors (Lipinski definition) is 4. The summed E-state index contributed by atoms with van der Waals surface area (Å²) in [6.07, 6.45) is 0. The van der Waals surface area contributed by atoms with E-state index in [2.05, 4.69) is 23.5 Å². The van der Waals surface area contributed by atoms with Crippen LogP contribution in [-0.2, 0) is 18.9 Å². The van der Waals surface area contributed by atoms with Gasteiger partial charge in [0.2, 0.25) is 0 Å². The van der Waals surface area contributed by atoms with E-state index in [4.69, 9.17) is 18.9 Å². The molecule has 0 N–H and O–H groups in total. The van der Waals surface area contributed by atoms with Crippen molar-refractivity contribution in [3.8, 4) is 23.5 Å². The fourth-order valence-corrected chi connectivity index (χ4v) is 0.957. The van der Waals surface area contributed by atoms with Gasteiger partial charge in [-0.15, -0.1) is 11.6 Å². The van der Waals surface area contributed by atoms with Crippen LogP contribution in [0.15, 0.2) is 0 Å². The molecule has 0 saturated carbocycles. The zero-order valence-corrected chi connectivity index (χ0v) is 11.5. The summed E-state index contributed by atoms with van der Waals surface area (Å²) in [6, 6.07) is 0. The Morgan fingerprint density at radius 3 is 1.61 bits per heavy atom. The maximum absolute atomic E-state index is 5.21. The van der Waals surface area contributed by atoms with E-state index < -0.39 is 0 Å². The minimum atomic E-state index is 0.0297. The minimum Gasteiger partial charge on any atom is -0.382 e. The second kappa shape index (κ2) is 14.1. The van der Waals surface area contributed by atoms with Gasteiger partial charge in [-0.2, -0.15) is 0 Å². The second-order valence-electron chi connectivity index (χ2n) is 3.45. The van der Waals surface area contributed by atoms with E-state index in [0.717, 1.165) is 0 Å². The molecule has 0 fully saturated rings. The Balaban J connectivity index is 3.53. The van der Waals surface area contributed by atoms with Gasteiger partial charge in [-0.25, -0.2) is 0 Å².